The molecule has 0 amide bonds. The molecule has 3 aromatic rings. The molecule has 0 spiro atoms. The molecule has 112 valence electrons. The fraction of sp³-hybridized carbons (Fsp3) is 0.316. The van der Waals surface area contributed by atoms with Gasteiger partial charge in [0.05, 0.1) is 0 Å². The molecule has 0 N–H and O–H groups in total. The number of hydrogen-bond donors (Lipinski definition) is 0. The van der Waals surface area contributed by atoms with E-state index in [2.05, 4.69) is 19.9 Å². The minimum atomic E-state index is -0.186. The van der Waals surface area contributed by atoms with Crippen molar-refractivity contribution in [1.82, 2.24) is 4.98 Å². The molecule has 1 nitrogen and oxygen atoms in total. The predicted octanol–water partition coefficient (Wildman–Crippen LogP) is 5.85. The minimum Gasteiger partial charge on any atom is -0.242 e. The van der Waals surface area contributed by atoms with Gasteiger partial charge in [-0.1, -0.05) is 19.1 Å². The molecule has 1 aromatic carbocycles. The van der Waals surface area contributed by atoms with E-state index >= 15 is 0 Å². The van der Waals surface area contributed by atoms with E-state index in [-0.39, 0.29) is 5.82 Å². The highest BCUT2D eigenvalue weighted by Gasteiger charge is 2.27. The highest BCUT2D eigenvalue weighted by Crippen LogP contribution is 2.44. The summed E-state index contributed by atoms with van der Waals surface area (Å²) in [6.45, 7) is 4.37. The summed E-state index contributed by atoms with van der Waals surface area (Å²) in [5.74, 6) is 0.435. The molecule has 1 aliphatic rings. The van der Waals surface area contributed by atoms with Crippen LogP contribution in [0.1, 0.15) is 41.8 Å². The van der Waals surface area contributed by atoms with E-state index in [9.17, 15) is 4.39 Å². The molecule has 0 bridgehead atoms. The van der Waals surface area contributed by atoms with Gasteiger partial charge >= 0.3 is 0 Å². The van der Waals surface area contributed by atoms with Crippen LogP contribution >= 0.6 is 11.3 Å². The second kappa shape index (κ2) is 5.17. The zero-order chi connectivity index (χ0) is 15.3. The Balaban J connectivity index is 2.02. The molecule has 0 radical (unpaired) electrons. The Labute approximate surface area is 133 Å². The molecule has 2 heterocycles. The summed E-state index contributed by atoms with van der Waals surface area (Å²) in [5.41, 5.74) is 4.89. The van der Waals surface area contributed by atoms with Crippen molar-refractivity contribution < 1.29 is 4.39 Å². The molecule has 0 aliphatic heterocycles. The third-order valence-corrected chi connectivity index (χ3v) is 5.53. The summed E-state index contributed by atoms with van der Waals surface area (Å²) in [7, 11) is 0. The molecule has 3 heteroatoms. The standard InChI is InChI=1S/C19H18FNS/c1-3-15-11(2)22-19-18(15)16(10-17(21-19)13-4-5-13)12-6-8-14(20)9-7-12/h6-10,13H,3-5H2,1-2H3. The predicted molar refractivity (Wildman–Crippen MR) is 91.1 cm³/mol. The monoisotopic (exact) mass is 311 g/mol. The van der Waals surface area contributed by atoms with Crippen LogP contribution in [0, 0.1) is 12.7 Å². The summed E-state index contributed by atoms with van der Waals surface area (Å²) in [6, 6.07) is 9.09. The Kier molecular flexibility index (Phi) is 3.26. The smallest absolute Gasteiger partial charge is 0.124 e. The largest absolute Gasteiger partial charge is 0.242 e. The Bertz CT molecular complexity index is 844. The summed E-state index contributed by atoms with van der Waals surface area (Å²) in [4.78, 5) is 7.40. The fourth-order valence-corrected chi connectivity index (χ4v) is 4.31. The summed E-state index contributed by atoms with van der Waals surface area (Å²) in [6.07, 6.45) is 3.49. The van der Waals surface area contributed by atoms with Crippen LogP contribution in [0.15, 0.2) is 30.3 Å². The topological polar surface area (TPSA) is 12.9 Å². The Morgan fingerprint density at radius 1 is 1.23 bits per heavy atom. The molecule has 1 saturated carbocycles. The highest BCUT2D eigenvalue weighted by molar-refractivity contribution is 7.18. The number of nitrogens with zero attached hydrogens (tertiary/aromatic N) is 1. The van der Waals surface area contributed by atoms with Gasteiger partial charge in [-0.2, -0.15) is 0 Å². The molecule has 1 aliphatic carbocycles. The third kappa shape index (κ3) is 2.24. The van der Waals surface area contributed by atoms with Gasteiger partial charge in [-0.05, 0) is 61.1 Å². The lowest BCUT2D eigenvalue weighted by atomic mass is 9.97. The van der Waals surface area contributed by atoms with Crippen LogP contribution < -0.4 is 0 Å². The summed E-state index contributed by atoms with van der Waals surface area (Å²) >= 11 is 1.79. The van der Waals surface area contributed by atoms with E-state index in [0.29, 0.717) is 5.92 Å². The van der Waals surface area contributed by atoms with Gasteiger partial charge < -0.3 is 0 Å². The second-order valence-electron chi connectivity index (χ2n) is 6.05. The zero-order valence-electron chi connectivity index (χ0n) is 12.8. The van der Waals surface area contributed by atoms with Gasteiger partial charge in [0.1, 0.15) is 10.6 Å². The minimum absolute atomic E-state index is 0.186. The number of thiophene rings is 1. The average molecular weight is 311 g/mol. The van der Waals surface area contributed by atoms with Crippen molar-refractivity contribution in [2.24, 2.45) is 0 Å². The van der Waals surface area contributed by atoms with Crippen molar-refractivity contribution in [1.29, 1.82) is 0 Å². The van der Waals surface area contributed by atoms with Crippen molar-refractivity contribution in [2.45, 2.75) is 39.0 Å². The summed E-state index contributed by atoms with van der Waals surface area (Å²) in [5, 5.41) is 1.26. The molecule has 2 aromatic heterocycles. The molecule has 0 atom stereocenters. The number of hydrogen-bond acceptors (Lipinski definition) is 2. The second-order valence-corrected chi connectivity index (χ2v) is 7.25. The maximum absolute atomic E-state index is 13.3. The number of halogens is 1. The molecule has 0 saturated heterocycles. The first kappa shape index (κ1) is 13.9. The molecular formula is C19H18FNS. The Hall–Kier alpha value is -1.74. The van der Waals surface area contributed by atoms with Crippen molar-refractivity contribution >= 4 is 21.6 Å². The number of rotatable bonds is 3. The lowest BCUT2D eigenvalue weighted by Gasteiger charge is -2.09. The molecule has 0 unspecified atom stereocenters. The van der Waals surface area contributed by atoms with Crippen molar-refractivity contribution in [3.8, 4) is 11.1 Å². The van der Waals surface area contributed by atoms with E-state index in [1.54, 1.807) is 23.5 Å². The normalized spacial score (nSPS) is 14.7. The first-order valence-electron chi connectivity index (χ1n) is 7.86. The first-order chi connectivity index (χ1) is 10.7. The van der Waals surface area contributed by atoms with Gasteiger partial charge in [0.2, 0.25) is 0 Å². The van der Waals surface area contributed by atoms with Crippen LogP contribution in [0.2, 0.25) is 0 Å². The number of pyridine rings is 1. The van der Waals surface area contributed by atoms with Crippen LogP contribution in [0.25, 0.3) is 21.3 Å². The molecular weight excluding hydrogens is 293 g/mol. The van der Waals surface area contributed by atoms with E-state index in [0.717, 1.165) is 16.8 Å². The fourth-order valence-electron chi connectivity index (χ4n) is 3.16. The maximum Gasteiger partial charge on any atom is 0.124 e. The van der Waals surface area contributed by atoms with Gasteiger partial charge in [-0.3, -0.25) is 0 Å². The molecule has 4 rings (SSSR count). The lowest BCUT2D eigenvalue weighted by Crippen LogP contribution is -1.91. The van der Waals surface area contributed by atoms with Gasteiger partial charge in [-0.15, -0.1) is 11.3 Å². The number of aromatic nitrogens is 1. The van der Waals surface area contributed by atoms with E-state index in [4.69, 9.17) is 4.98 Å². The van der Waals surface area contributed by atoms with Gasteiger partial charge in [0, 0.05) is 21.9 Å². The van der Waals surface area contributed by atoms with Crippen LogP contribution in [0.4, 0.5) is 4.39 Å². The lowest BCUT2D eigenvalue weighted by molar-refractivity contribution is 0.628. The van der Waals surface area contributed by atoms with E-state index in [1.165, 1.54) is 39.9 Å². The number of benzene rings is 1. The van der Waals surface area contributed by atoms with Crippen molar-refractivity contribution in [3.05, 3.63) is 52.3 Å². The average Bonchev–Trinajstić information content (AvgIpc) is 3.30. The first-order valence-corrected chi connectivity index (χ1v) is 8.68. The Morgan fingerprint density at radius 2 is 1.95 bits per heavy atom. The Morgan fingerprint density at radius 3 is 2.59 bits per heavy atom. The van der Waals surface area contributed by atoms with Gasteiger partial charge in [0.25, 0.3) is 0 Å². The molecule has 1 fully saturated rings. The summed E-state index contributed by atoms with van der Waals surface area (Å²) < 4.78 is 13.3. The maximum atomic E-state index is 13.3. The van der Waals surface area contributed by atoms with Gasteiger partial charge in [0.15, 0.2) is 0 Å². The third-order valence-electron chi connectivity index (χ3n) is 4.49. The van der Waals surface area contributed by atoms with Crippen LogP contribution in [-0.4, -0.2) is 4.98 Å². The van der Waals surface area contributed by atoms with E-state index < -0.39 is 0 Å². The number of aryl methyl sites for hydroxylation is 2. The SMILES string of the molecule is CCc1c(C)sc2nc(C3CC3)cc(-c3ccc(F)cc3)c12. The van der Waals surface area contributed by atoms with Crippen LogP contribution in [0.5, 0.6) is 0 Å². The van der Waals surface area contributed by atoms with E-state index in [1.807, 2.05) is 12.1 Å². The van der Waals surface area contributed by atoms with Crippen molar-refractivity contribution in [3.63, 3.8) is 0 Å². The zero-order valence-corrected chi connectivity index (χ0v) is 13.6. The van der Waals surface area contributed by atoms with Crippen molar-refractivity contribution in [2.75, 3.05) is 0 Å². The van der Waals surface area contributed by atoms with Crippen LogP contribution in [0.3, 0.4) is 0 Å². The van der Waals surface area contributed by atoms with Crippen LogP contribution in [-0.2, 0) is 6.42 Å². The number of fused-ring (bicyclic) bond motifs is 1. The molecule has 22 heavy (non-hydrogen) atoms. The highest BCUT2D eigenvalue weighted by atomic mass is 32.1. The van der Waals surface area contributed by atoms with Gasteiger partial charge in [-0.25, -0.2) is 9.37 Å². The quantitative estimate of drug-likeness (QED) is 0.591.